The maximum absolute atomic E-state index is 9.57. The van der Waals surface area contributed by atoms with Crippen LogP contribution < -0.4 is 5.32 Å². The molecule has 1 aromatic heterocycles. The van der Waals surface area contributed by atoms with E-state index in [1.807, 2.05) is 36.4 Å². The third-order valence-corrected chi connectivity index (χ3v) is 6.09. The highest BCUT2D eigenvalue weighted by Crippen LogP contribution is 2.56. The van der Waals surface area contributed by atoms with Crippen LogP contribution in [0.3, 0.4) is 0 Å². The minimum Gasteiger partial charge on any atom is -0.393 e. The number of rotatable bonds is 3. The minimum absolute atomic E-state index is 0.0877. The van der Waals surface area contributed by atoms with Crippen LogP contribution in [0.5, 0.6) is 0 Å². The highest BCUT2D eigenvalue weighted by molar-refractivity contribution is 6.30. The van der Waals surface area contributed by atoms with E-state index in [0.717, 1.165) is 53.5 Å². The van der Waals surface area contributed by atoms with E-state index in [1.165, 1.54) is 0 Å². The largest absolute Gasteiger partial charge is 0.393 e. The Bertz CT molecular complexity index is 959. The van der Waals surface area contributed by atoms with E-state index in [0.29, 0.717) is 16.5 Å². The fourth-order valence-electron chi connectivity index (χ4n) is 4.59. The van der Waals surface area contributed by atoms with Gasteiger partial charge in [-0.1, -0.05) is 48.0 Å². The molecule has 0 radical (unpaired) electrons. The summed E-state index contributed by atoms with van der Waals surface area (Å²) in [6.07, 6.45) is 4.04. The number of anilines is 1. The molecule has 1 heterocycles. The van der Waals surface area contributed by atoms with Gasteiger partial charge in [-0.3, -0.25) is 0 Å². The number of nitrogens with one attached hydrogen (secondary N) is 1. The maximum Gasteiger partial charge on any atom is 0.156 e. The standard InChI is InChI=1S/C21H20ClN3O/c22-14-7-5-13(6-8-14)19-17-3-1-2-4-18(17)20(25-24-19)23-15-9-21(10-15)11-16(26)12-21/h1-8,15-16,26H,9-12H2,(H,23,25). The summed E-state index contributed by atoms with van der Waals surface area (Å²) in [4.78, 5) is 0. The van der Waals surface area contributed by atoms with Gasteiger partial charge < -0.3 is 10.4 Å². The number of nitrogens with zero attached hydrogens (tertiary/aromatic N) is 2. The molecular weight excluding hydrogens is 346 g/mol. The quantitative estimate of drug-likeness (QED) is 0.708. The summed E-state index contributed by atoms with van der Waals surface area (Å²) in [6.45, 7) is 0. The van der Waals surface area contributed by atoms with Gasteiger partial charge in [0.05, 0.1) is 6.10 Å². The molecule has 2 aromatic carbocycles. The van der Waals surface area contributed by atoms with Crippen LogP contribution in [0.25, 0.3) is 22.0 Å². The number of fused-ring (bicyclic) bond motifs is 1. The lowest BCUT2D eigenvalue weighted by atomic mass is 9.53. The second-order valence-electron chi connectivity index (χ2n) is 7.76. The lowest BCUT2D eigenvalue weighted by molar-refractivity contribution is -0.0868. The van der Waals surface area contributed by atoms with E-state index in [4.69, 9.17) is 11.6 Å². The van der Waals surface area contributed by atoms with Crippen LogP contribution in [-0.2, 0) is 0 Å². The van der Waals surface area contributed by atoms with Crippen LogP contribution in [0.4, 0.5) is 5.82 Å². The van der Waals surface area contributed by atoms with Crippen molar-refractivity contribution in [1.82, 2.24) is 10.2 Å². The van der Waals surface area contributed by atoms with Crippen molar-refractivity contribution in [2.45, 2.75) is 37.8 Å². The van der Waals surface area contributed by atoms with Gasteiger partial charge in [-0.05, 0) is 43.2 Å². The molecule has 5 rings (SSSR count). The summed E-state index contributed by atoms with van der Waals surface area (Å²) >= 11 is 6.01. The summed E-state index contributed by atoms with van der Waals surface area (Å²) in [6, 6.07) is 16.4. The predicted octanol–water partition coefficient (Wildman–Crippen LogP) is 4.67. The third-order valence-electron chi connectivity index (χ3n) is 5.84. The van der Waals surface area contributed by atoms with Gasteiger partial charge in [-0.2, -0.15) is 0 Å². The van der Waals surface area contributed by atoms with Crippen LogP contribution >= 0.6 is 11.6 Å². The van der Waals surface area contributed by atoms with Crippen LogP contribution in [0.1, 0.15) is 25.7 Å². The molecule has 2 fully saturated rings. The smallest absolute Gasteiger partial charge is 0.156 e. The predicted molar refractivity (Wildman–Crippen MR) is 104 cm³/mol. The van der Waals surface area contributed by atoms with Crippen molar-refractivity contribution in [2.75, 3.05) is 5.32 Å². The molecule has 4 nitrogen and oxygen atoms in total. The molecule has 1 spiro atoms. The van der Waals surface area contributed by atoms with Gasteiger partial charge in [-0.15, -0.1) is 10.2 Å². The van der Waals surface area contributed by atoms with Crippen LogP contribution in [0, 0.1) is 5.41 Å². The fraction of sp³-hybridized carbons (Fsp3) is 0.333. The second kappa shape index (κ2) is 5.93. The summed E-state index contributed by atoms with van der Waals surface area (Å²) in [5.41, 5.74) is 2.26. The van der Waals surface area contributed by atoms with Gasteiger partial charge in [-0.25, -0.2) is 0 Å². The Balaban J connectivity index is 1.45. The molecule has 2 aliphatic rings. The van der Waals surface area contributed by atoms with E-state index in [-0.39, 0.29) is 6.10 Å². The lowest BCUT2D eigenvalue weighted by Crippen LogP contribution is -2.54. The average molecular weight is 366 g/mol. The van der Waals surface area contributed by atoms with Crippen molar-refractivity contribution in [1.29, 1.82) is 0 Å². The number of benzene rings is 2. The Morgan fingerprint density at radius 1 is 0.923 bits per heavy atom. The molecule has 2 N–H and O–H groups in total. The van der Waals surface area contributed by atoms with Crippen LogP contribution in [0.15, 0.2) is 48.5 Å². The van der Waals surface area contributed by atoms with E-state index in [2.05, 4.69) is 27.6 Å². The van der Waals surface area contributed by atoms with E-state index in [1.54, 1.807) is 0 Å². The Morgan fingerprint density at radius 2 is 1.62 bits per heavy atom. The third kappa shape index (κ3) is 2.65. The van der Waals surface area contributed by atoms with Crippen molar-refractivity contribution in [2.24, 2.45) is 5.41 Å². The number of aliphatic hydroxyl groups excluding tert-OH is 1. The van der Waals surface area contributed by atoms with Crippen molar-refractivity contribution in [3.63, 3.8) is 0 Å². The Morgan fingerprint density at radius 3 is 2.31 bits per heavy atom. The first-order chi connectivity index (χ1) is 12.6. The van der Waals surface area contributed by atoms with Crippen molar-refractivity contribution in [3.05, 3.63) is 53.6 Å². The minimum atomic E-state index is -0.0877. The first kappa shape index (κ1) is 16.0. The molecular formula is C21H20ClN3O. The van der Waals surface area contributed by atoms with Gasteiger partial charge in [0.25, 0.3) is 0 Å². The molecule has 26 heavy (non-hydrogen) atoms. The first-order valence-corrected chi connectivity index (χ1v) is 9.46. The topological polar surface area (TPSA) is 58.0 Å². The number of hydrogen-bond acceptors (Lipinski definition) is 4. The summed E-state index contributed by atoms with van der Waals surface area (Å²) < 4.78 is 0. The van der Waals surface area contributed by atoms with E-state index in [9.17, 15) is 5.11 Å². The number of aromatic nitrogens is 2. The molecule has 0 bridgehead atoms. The summed E-state index contributed by atoms with van der Waals surface area (Å²) in [5, 5.41) is 25.0. The van der Waals surface area contributed by atoms with Gasteiger partial charge in [0.2, 0.25) is 0 Å². The number of aliphatic hydroxyl groups is 1. The average Bonchev–Trinajstić information content (AvgIpc) is 2.60. The van der Waals surface area contributed by atoms with Crippen molar-refractivity contribution in [3.8, 4) is 11.3 Å². The van der Waals surface area contributed by atoms with Crippen LogP contribution in [0.2, 0.25) is 5.02 Å². The monoisotopic (exact) mass is 365 g/mol. The lowest BCUT2D eigenvalue weighted by Gasteiger charge is -2.56. The molecule has 5 heteroatoms. The van der Waals surface area contributed by atoms with Gasteiger partial charge in [0.1, 0.15) is 5.69 Å². The SMILES string of the molecule is OC1CC2(C1)CC(Nc1nnc(-c3ccc(Cl)cc3)c3ccccc13)C2. The van der Waals surface area contributed by atoms with E-state index < -0.39 is 0 Å². The second-order valence-corrected chi connectivity index (χ2v) is 8.20. The molecule has 0 amide bonds. The highest BCUT2D eigenvalue weighted by Gasteiger charge is 2.52. The molecule has 0 saturated heterocycles. The zero-order chi connectivity index (χ0) is 17.7. The molecule has 3 aromatic rings. The molecule has 2 aliphatic carbocycles. The van der Waals surface area contributed by atoms with Crippen molar-refractivity contribution >= 4 is 28.2 Å². The highest BCUT2D eigenvalue weighted by atomic mass is 35.5. The zero-order valence-electron chi connectivity index (χ0n) is 14.3. The van der Waals surface area contributed by atoms with Gasteiger partial charge in [0.15, 0.2) is 5.82 Å². The molecule has 2 saturated carbocycles. The number of halogens is 1. The van der Waals surface area contributed by atoms with Crippen LogP contribution in [-0.4, -0.2) is 27.4 Å². The molecule has 0 unspecified atom stereocenters. The first-order valence-electron chi connectivity index (χ1n) is 9.08. The fourth-order valence-corrected chi connectivity index (χ4v) is 4.71. The Kier molecular flexibility index (Phi) is 3.66. The number of hydrogen-bond donors (Lipinski definition) is 2. The van der Waals surface area contributed by atoms with E-state index >= 15 is 0 Å². The molecule has 0 atom stereocenters. The van der Waals surface area contributed by atoms with Crippen molar-refractivity contribution < 1.29 is 5.11 Å². The molecule has 0 aliphatic heterocycles. The Labute approximate surface area is 157 Å². The maximum atomic E-state index is 9.57. The Hall–Kier alpha value is -2.17. The molecule has 132 valence electrons. The van der Waals surface area contributed by atoms with Gasteiger partial charge in [0, 0.05) is 27.4 Å². The normalized spacial score (nSPS) is 27.2. The van der Waals surface area contributed by atoms with Gasteiger partial charge >= 0.3 is 0 Å². The summed E-state index contributed by atoms with van der Waals surface area (Å²) in [7, 11) is 0. The zero-order valence-corrected chi connectivity index (χ0v) is 15.1. The summed E-state index contributed by atoms with van der Waals surface area (Å²) in [5.74, 6) is 0.845.